The van der Waals surface area contributed by atoms with Crippen molar-refractivity contribution in [3.8, 4) is 0 Å². The first-order valence-electron chi connectivity index (χ1n) is 10.2. The van der Waals surface area contributed by atoms with Crippen LogP contribution < -0.4 is 0 Å². The molecule has 1 rings (SSSR count). The van der Waals surface area contributed by atoms with Crippen molar-refractivity contribution in [3.05, 3.63) is 47.1 Å². The first kappa shape index (κ1) is 23.9. The van der Waals surface area contributed by atoms with Crippen LogP contribution in [0.4, 0.5) is 0 Å². The maximum Gasteiger partial charge on any atom is 0.0809 e. The first-order chi connectivity index (χ1) is 12.4. The van der Waals surface area contributed by atoms with E-state index in [1.54, 1.807) is 0 Å². The van der Waals surface area contributed by atoms with Gasteiger partial charge in [0.15, 0.2) is 0 Å². The fourth-order valence-electron chi connectivity index (χ4n) is 3.51. The second-order valence-electron chi connectivity index (χ2n) is 8.98. The number of allylic oxidation sites excluding steroid dienone is 5. The van der Waals surface area contributed by atoms with Gasteiger partial charge in [-0.2, -0.15) is 0 Å². The van der Waals surface area contributed by atoms with E-state index in [4.69, 9.17) is 0 Å². The molecule has 0 aromatic rings. The Labute approximate surface area is 166 Å². The van der Waals surface area contributed by atoms with Crippen LogP contribution in [-0.4, -0.2) is 33.1 Å². The van der Waals surface area contributed by atoms with E-state index < -0.39 is 17.8 Å². The van der Waals surface area contributed by atoms with Crippen LogP contribution in [0.2, 0.25) is 0 Å². The second-order valence-corrected chi connectivity index (χ2v) is 8.98. The van der Waals surface area contributed by atoms with Crippen molar-refractivity contribution in [1.29, 1.82) is 0 Å². The Balaban J connectivity index is 2.64. The molecule has 0 amide bonds. The maximum atomic E-state index is 9.92. The van der Waals surface area contributed by atoms with Crippen molar-refractivity contribution in [2.75, 3.05) is 0 Å². The van der Waals surface area contributed by atoms with Gasteiger partial charge in [0.25, 0.3) is 0 Å². The normalized spacial score (nSPS) is 24.8. The average Bonchev–Trinajstić information content (AvgIpc) is 2.56. The molecule has 3 nitrogen and oxygen atoms in total. The van der Waals surface area contributed by atoms with Crippen LogP contribution in [0, 0.1) is 11.8 Å². The summed E-state index contributed by atoms with van der Waals surface area (Å²) in [7, 11) is 0. The number of hydrogen-bond donors (Lipinski definition) is 3. The lowest BCUT2D eigenvalue weighted by atomic mass is 9.86. The topological polar surface area (TPSA) is 60.7 Å². The highest BCUT2D eigenvalue weighted by molar-refractivity contribution is 5.27. The third kappa shape index (κ3) is 8.16. The lowest BCUT2D eigenvalue weighted by molar-refractivity contribution is 0.0674. The Bertz CT molecular complexity index is 573. The second kappa shape index (κ2) is 10.4. The van der Waals surface area contributed by atoms with Gasteiger partial charge in [0, 0.05) is 0 Å². The van der Waals surface area contributed by atoms with Gasteiger partial charge in [-0.05, 0) is 70.8 Å². The quantitative estimate of drug-likeness (QED) is 0.517. The molecule has 1 aliphatic rings. The van der Waals surface area contributed by atoms with Crippen LogP contribution in [-0.2, 0) is 0 Å². The molecule has 0 radical (unpaired) electrons. The molecule has 0 aromatic carbocycles. The van der Waals surface area contributed by atoms with Crippen molar-refractivity contribution in [3.63, 3.8) is 0 Å². The van der Waals surface area contributed by atoms with Gasteiger partial charge in [-0.3, -0.25) is 0 Å². The number of aliphatic hydroxyl groups is 3. The van der Waals surface area contributed by atoms with Crippen molar-refractivity contribution < 1.29 is 15.3 Å². The van der Waals surface area contributed by atoms with Crippen LogP contribution in [0.3, 0.4) is 0 Å². The molecule has 154 valence electrons. The largest absolute Gasteiger partial charge is 0.390 e. The molecule has 3 N–H and O–H groups in total. The van der Waals surface area contributed by atoms with Gasteiger partial charge in [0.2, 0.25) is 0 Å². The van der Waals surface area contributed by atoms with E-state index >= 15 is 0 Å². The molecule has 0 aliphatic heterocycles. The van der Waals surface area contributed by atoms with Crippen LogP contribution in [0.5, 0.6) is 0 Å². The van der Waals surface area contributed by atoms with Gasteiger partial charge < -0.3 is 15.3 Å². The predicted octanol–water partition coefficient (Wildman–Crippen LogP) is 5.09. The molecule has 0 spiro atoms. The fraction of sp³-hybridized carbons (Fsp3) is 0.667. The van der Waals surface area contributed by atoms with Gasteiger partial charge in [0.1, 0.15) is 0 Å². The Morgan fingerprint density at radius 1 is 1.15 bits per heavy atom. The summed E-state index contributed by atoms with van der Waals surface area (Å²) in [5, 5.41) is 29.7. The van der Waals surface area contributed by atoms with Gasteiger partial charge in [-0.25, -0.2) is 0 Å². The zero-order valence-electron chi connectivity index (χ0n) is 18.1. The lowest BCUT2D eigenvalue weighted by Gasteiger charge is -2.27. The van der Waals surface area contributed by atoms with Crippen LogP contribution in [0.15, 0.2) is 47.1 Å². The summed E-state index contributed by atoms with van der Waals surface area (Å²) in [5.74, 6) is 0.850. The zero-order chi connectivity index (χ0) is 20.8. The first-order valence-corrected chi connectivity index (χ1v) is 10.2. The van der Waals surface area contributed by atoms with Gasteiger partial charge >= 0.3 is 0 Å². The standard InChI is InChI=1S/C24H40O3/c1-16(10-8-12-21-14-22(25)20(5)23(26)15-21)18(3)19(4)17(2)11-9-13-24(6,7)27/h8,10,12,16-17,22-23,25-27H,5,9,11,13-15H2,1-4,6-7H3/b10-8+,19-18-/t16?,17?,22-,23-/m1/s1. The highest BCUT2D eigenvalue weighted by Gasteiger charge is 2.25. The summed E-state index contributed by atoms with van der Waals surface area (Å²) in [6.07, 6.45) is 9.03. The Morgan fingerprint density at radius 2 is 1.70 bits per heavy atom. The predicted molar refractivity (Wildman–Crippen MR) is 114 cm³/mol. The summed E-state index contributed by atoms with van der Waals surface area (Å²) in [6, 6.07) is 0. The minimum atomic E-state index is -0.639. The van der Waals surface area contributed by atoms with Crippen molar-refractivity contribution in [2.45, 2.75) is 91.5 Å². The molecule has 0 aromatic heterocycles. The van der Waals surface area contributed by atoms with E-state index in [1.807, 2.05) is 26.0 Å². The number of aliphatic hydroxyl groups excluding tert-OH is 2. The van der Waals surface area contributed by atoms with E-state index in [1.165, 1.54) is 11.1 Å². The summed E-state index contributed by atoms with van der Waals surface area (Å²) in [5.41, 5.74) is 3.82. The minimum Gasteiger partial charge on any atom is -0.390 e. The summed E-state index contributed by atoms with van der Waals surface area (Å²) in [6.45, 7) is 16.4. The SMILES string of the molecule is C=C1[C@H](O)CC(=C/C=C/C(C)/C(C)=C(/C)C(C)CCCC(C)(C)O)C[C@H]1O. The van der Waals surface area contributed by atoms with E-state index in [0.29, 0.717) is 30.3 Å². The number of hydrogen-bond acceptors (Lipinski definition) is 3. The zero-order valence-corrected chi connectivity index (χ0v) is 18.1. The molecule has 4 atom stereocenters. The molecule has 1 saturated carbocycles. The molecule has 27 heavy (non-hydrogen) atoms. The van der Waals surface area contributed by atoms with Crippen LogP contribution >= 0.6 is 0 Å². The Kier molecular flexibility index (Phi) is 9.20. The third-order valence-corrected chi connectivity index (χ3v) is 5.97. The van der Waals surface area contributed by atoms with E-state index in [-0.39, 0.29) is 0 Å². The van der Waals surface area contributed by atoms with Gasteiger partial charge in [-0.15, -0.1) is 0 Å². The van der Waals surface area contributed by atoms with Crippen molar-refractivity contribution in [2.24, 2.45) is 11.8 Å². The smallest absolute Gasteiger partial charge is 0.0809 e. The highest BCUT2D eigenvalue weighted by Crippen LogP contribution is 2.29. The molecule has 2 unspecified atom stereocenters. The van der Waals surface area contributed by atoms with Crippen LogP contribution in [0.1, 0.15) is 73.6 Å². The van der Waals surface area contributed by atoms with Crippen molar-refractivity contribution in [1.82, 2.24) is 0 Å². The molecule has 0 saturated heterocycles. The summed E-state index contributed by atoms with van der Waals surface area (Å²) < 4.78 is 0. The Morgan fingerprint density at radius 3 is 2.22 bits per heavy atom. The monoisotopic (exact) mass is 376 g/mol. The number of rotatable bonds is 8. The molecule has 1 fully saturated rings. The molecular formula is C24H40O3. The molecule has 0 bridgehead atoms. The van der Waals surface area contributed by atoms with Gasteiger partial charge in [0.05, 0.1) is 17.8 Å². The van der Waals surface area contributed by atoms with Crippen molar-refractivity contribution >= 4 is 0 Å². The summed E-state index contributed by atoms with van der Waals surface area (Å²) in [4.78, 5) is 0. The fourth-order valence-corrected chi connectivity index (χ4v) is 3.51. The minimum absolute atomic E-state index is 0.340. The maximum absolute atomic E-state index is 9.92. The molecular weight excluding hydrogens is 336 g/mol. The molecule has 3 heteroatoms. The third-order valence-electron chi connectivity index (χ3n) is 5.97. The lowest BCUT2D eigenvalue weighted by Crippen LogP contribution is -2.27. The van der Waals surface area contributed by atoms with Crippen LogP contribution in [0.25, 0.3) is 0 Å². The van der Waals surface area contributed by atoms with E-state index in [2.05, 4.69) is 40.3 Å². The Hall–Kier alpha value is -1.16. The molecule has 0 heterocycles. The average molecular weight is 377 g/mol. The van der Waals surface area contributed by atoms with E-state index in [0.717, 1.165) is 24.8 Å². The van der Waals surface area contributed by atoms with Gasteiger partial charge in [-0.1, -0.05) is 61.8 Å². The molecule has 1 aliphatic carbocycles. The summed E-state index contributed by atoms with van der Waals surface area (Å²) >= 11 is 0. The van der Waals surface area contributed by atoms with E-state index in [9.17, 15) is 15.3 Å². The highest BCUT2D eigenvalue weighted by atomic mass is 16.3.